The van der Waals surface area contributed by atoms with E-state index in [1.807, 2.05) is 0 Å². The van der Waals surface area contributed by atoms with E-state index >= 15 is 0 Å². The first-order valence-electron chi connectivity index (χ1n) is 0.995. The molecule has 0 aliphatic carbocycles. The van der Waals surface area contributed by atoms with E-state index in [1.54, 1.807) is 0 Å². The van der Waals surface area contributed by atoms with E-state index in [1.165, 1.54) is 0 Å². The molecule has 0 unspecified atom stereocenters. The third-order valence-corrected chi connectivity index (χ3v) is 0.367. The van der Waals surface area contributed by atoms with Gasteiger partial charge in [0, 0.05) is 7.60 Å². The van der Waals surface area contributed by atoms with Crippen molar-refractivity contribution in [2.45, 2.75) is 0 Å². The minimum atomic E-state index is -4.84. The Bertz CT molecular complexity index is 124. The fourth-order valence-corrected chi connectivity index (χ4v) is 0. The van der Waals surface area contributed by atoms with E-state index in [2.05, 4.69) is 0 Å². The molecule has 0 aromatic heterocycles. The summed E-state index contributed by atoms with van der Waals surface area (Å²) in [5.74, 6) is 0.549. The fraction of sp³-hybridized carbons (Fsp3) is 0. The van der Waals surface area contributed by atoms with Gasteiger partial charge in [-0.2, -0.15) is 5.26 Å². The third-order valence-electron chi connectivity index (χ3n) is 0.122. The van der Waals surface area contributed by atoms with Crippen molar-refractivity contribution in [3.63, 3.8) is 0 Å². The molecule has 0 N–H and O–H groups in total. The van der Waals surface area contributed by atoms with Crippen LogP contribution in [0.15, 0.2) is 0 Å². The normalized spacial score (nSPS) is 7.62. The number of rotatable bonds is 0. The monoisotopic (exact) mass is 183 g/mol. The van der Waals surface area contributed by atoms with Crippen molar-refractivity contribution in [3.05, 3.63) is 0 Å². The van der Waals surface area contributed by atoms with Gasteiger partial charge in [-0.25, -0.2) is 0 Å². The first kappa shape index (κ1) is 17.1. The Morgan fingerprint density at radius 1 is 1.38 bits per heavy atom. The maximum atomic E-state index is 9.11. The average Bonchev–Trinajstić information content (AvgIpc) is 1.35. The maximum Gasteiger partial charge on any atom is 1.00 e. The van der Waals surface area contributed by atoms with Gasteiger partial charge in [0.15, 0.2) is 0 Å². The molecule has 0 heterocycles. The zero-order valence-corrected chi connectivity index (χ0v) is 11.8. The fourth-order valence-electron chi connectivity index (χ4n) is 0. The first-order chi connectivity index (χ1) is 2.56. The van der Waals surface area contributed by atoms with E-state index in [0.29, 0.717) is 5.81 Å². The van der Waals surface area contributed by atoms with Crippen molar-refractivity contribution in [2.24, 2.45) is 0 Å². The Morgan fingerprint density at radius 3 is 1.50 bits per heavy atom. The molecule has 0 radical (unpaired) electrons. The Kier molecular flexibility index (Phi) is 17.2. The van der Waals surface area contributed by atoms with Gasteiger partial charge in [-0.15, -0.1) is 0 Å². The van der Waals surface area contributed by atoms with Crippen molar-refractivity contribution in [1.29, 1.82) is 5.26 Å². The standard InChI is InChI=1S/CH2NO3P.2K/c2-1-6(3,4)5;;/h(H2,3,4,5);;/q;2*+1/p-2. The zero-order valence-electron chi connectivity index (χ0n) is 4.62. The average molecular weight is 183 g/mol. The van der Waals surface area contributed by atoms with Gasteiger partial charge in [-0.3, -0.25) is 0 Å². The predicted molar refractivity (Wildman–Crippen MR) is 13.2 cm³/mol. The summed E-state index contributed by atoms with van der Waals surface area (Å²) in [5.41, 5.74) is 0. The second-order valence-corrected chi connectivity index (χ2v) is 1.79. The number of hydrogen-bond acceptors (Lipinski definition) is 4. The largest absolute Gasteiger partial charge is 1.00 e. The quantitative estimate of drug-likeness (QED) is 0.276. The number of hydrogen-bond donors (Lipinski definition) is 0. The summed E-state index contributed by atoms with van der Waals surface area (Å²) in [7, 11) is -4.84. The van der Waals surface area contributed by atoms with Gasteiger partial charge in [0.25, 0.3) is 0 Å². The van der Waals surface area contributed by atoms with Crippen LogP contribution in [0.1, 0.15) is 0 Å². The van der Waals surface area contributed by atoms with E-state index in [4.69, 9.17) is 19.6 Å². The molecule has 0 amide bonds. The Labute approximate surface area is 132 Å². The van der Waals surface area contributed by atoms with Gasteiger partial charge in [0.05, 0.1) is 5.81 Å². The molecule has 0 aliphatic rings. The van der Waals surface area contributed by atoms with Crippen molar-refractivity contribution in [1.82, 2.24) is 0 Å². The molecule has 0 aliphatic heterocycles. The van der Waals surface area contributed by atoms with Crippen LogP contribution in [0.5, 0.6) is 0 Å². The maximum absolute atomic E-state index is 9.11. The topological polar surface area (TPSA) is 87.0 Å². The van der Waals surface area contributed by atoms with Gasteiger partial charge >= 0.3 is 103 Å². The van der Waals surface area contributed by atoms with Gasteiger partial charge in [0.2, 0.25) is 0 Å². The van der Waals surface area contributed by atoms with Crippen LogP contribution in [0.2, 0.25) is 0 Å². The van der Waals surface area contributed by atoms with E-state index in [0.717, 1.165) is 0 Å². The Morgan fingerprint density at radius 2 is 1.50 bits per heavy atom. The molecule has 0 aromatic carbocycles. The van der Waals surface area contributed by atoms with Gasteiger partial charge in [0.1, 0.15) is 0 Å². The zero-order chi connectivity index (χ0) is 5.21. The smallest absolute Gasteiger partial charge is 0.800 e. The Hall–Kier alpha value is 2.91. The van der Waals surface area contributed by atoms with Gasteiger partial charge < -0.3 is 14.4 Å². The molecule has 8 heavy (non-hydrogen) atoms. The van der Waals surface area contributed by atoms with E-state index in [9.17, 15) is 0 Å². The molecular weight excluding hydrogens is 183 g/mol. The summed E-state index contributed by atoms with van der Waals surface area (Å²) in [5, 5.41) is 7.26. The third kappa shape index (κ3) is 16.0. The SMILES string of the molecule is N#CP(=O)([O-])[O-].[K+].[K+]. The van der Waals surface area contributed by atoms with Crippen LogP contribution in [0.3, 0.4) is 0 Å². The molecular formula is CK2NO3P. The summed E-state index contributed by atoms with van der Waals surface area (Å²) in [6.45, 7) is 0. The molecule has 0 fully saturated rings. The molecule has 0 atom stereocenters. The molecule has 0 saturated heterocycles. The molecule has 7 heteroatoms. The number of nitriles is 1. The summed E-state index contributed by atoms with van der Waals surface area (Å²) in [6, 6.07) is 0. The van der Waals surface area contributed by atoms with Crippen LogP contribution in [-0.2, 0) is 4.57 Å². The molecule has 34 valence electrons. The Balaban J connectivity index is -0.000000125. The van der Waals surface area contributed by atoms with E-state index < -0.39 is 7.60 Å². The second kappa shape index (κ2) is 8.01. The molecule has 0 rings (SSSR count). The van der Waals surface area contributed by atoms with Crippen LogP contribution in [0.25, 0.3) is 0 Å². The van der Waals surface area contributed by atoms with E-state index in [-0.39, 0.29) is 103 Å². The first-order valence-corrected chi connectivity index (χ1v) is 2.54. The van der Waals surface area contributed by atoms with Crippen LogP contribution < -0.4 is 113 Å². The van der Waals surface area contributed by atoms with Gasteiger partial charge in [-0.05, 0) is 0 Å². The second-order valence-electron chi connectivity index (χ2n) is 0.597. The van der Waals surface area contributed by atoms with Crippen LogP contribution in [0.4, 0.5) is 0 Å². The summed E-state index contributed by atoms with van der Waals surface area (Å²) >= 11 is 0. The molecule has 0 bridgehead atoms. The minimum Gasteiger partial charge on any atom is -0.800 e. The molecule has 0 saturated carbocycles. The summed E-state index contributed by atoms with van der Waals surface area (Å²) in [6.07, 6.45) is 0. The van der Waals surface area contributed by atoms with Crippen molar-refractivity contribution in [3.8, 4) is 5.81 Å². The van der Waals surface area contributed by atoms with Crippen molar-refractivity contribution in [2.75, 3.05) is 0 Å². The minimum absolute atomic E-state index is 0. The molecule has 0 spiro atoms. The van der Waals surface area contributed by atoms with Crippen molar-refractivity contribution < 1.29 is 117 Å². The summed E-state index contributed by atoms with van der Waals surface area (Å²) < 4.78 is 9.11. The summed E-state index contributed by atoms with van der Waals surface area (Å²) in [4.78, 5) is 18.2. The predicted octanol–water partition coefficient (Wildman–Crippen LogP) is -7.61. The van der Waals surface area contributed by atoms with Crippen LogP contribution in [0, 0.1) is 11.1 Å². The number of nitrogens with zero attached hydrogens (tertiary/aromatic N) is 1. The van der Waals surface area contributed by atoms with Crippen LogP contribution >= 0.6 is 7.60 Å². The van der Waals surface area contributed by atoms with Gasteiger partial charge in [-0.1, -0.05) is 0 Å². The van der Waals surface area contributed by atoms with Crippen molar-refractivity contribution >= 4 is 7.60 Å². The molecule has 4 nitrogen and oxygen atoms in total. The molecule has 0 aromatic rings. The van der Waals surface area contributed by atoms with Crippen LogP contribution in [-0.4, -0.2) is 0 Å².